The Hall–Kier alpha value is -2.31. The Morgan fingerprint density at radius 3 is 3.05 bits per heavy atom. The molecule has 2 aromatic heterocycles. The summed E-state index contributed by atoms with van der Waals surface area (Å²) < 4.78 is 0. The highest BCUT2D eigenvalue weighted by Gasteiger charge is 2.14. The lowest BCUT2D eigenvalue weighted by molar-refractivity contribution is 0.0918. The van der Waals surface area contributed by atoms with Gasteiger partial charge in [0.15, 0.2) is 0 Å². The maximum Gasteiger partial charge on any atom is 0.253 e. The number of amides is 1. The molecule has 21 heavy (non-hydrogen) atoms. The highest BCUT2D eigenvalue weighted by Crippen LogP contribution is 2.21. The number of H-pyrrole nitrogens is 1. The summed E-state index contributed by atoms with van der Waals surface area (Å²) in [5.74, 6) is -0.222. The summed E-state index contributed by atoms with van der Waals surface area (Å²) in [6.07, 6.45) is 0.956. The minimum Gasteiger partial charge on any atom is -0.399 e. The highest BCUT2D eigenvalue weighted by atomic mass is 32.1. The molecule has 1 unspecified atom stereocenters. The molecule has 3 aromatic rings. The Balaban J connectivity index is 1.72. The quantitative estimate of drug-likeness (QED) is 0.557. The molecule has 0 spiro atoms. The van der Waals surface area contributed by atoms with Crippen molar-refractivity contribution in [1.82, 2.24) is 10.3 Å². The van der Waals surface area contributed by atoms with E-state index in [1.165, 1.54) is 11.3 Å². The summed E-state index contributed by atoms with van der Waals surface area (Å²) in [4.78, 5) is 15.2. The summed E-state index contributed by atoms with van der Waals surface area (Å²) in [5, 5.41) is 17.3. The second kappa shape index (κ2) is 5.59. The number of anilines is 1. The van der Waals surface area contributed by atoms with E-state index in [0.29, 0.717) is 11.3 Å². The zero-order valence-corrected chi connectivity index (χ0v) is 12.0. The number of hydrogen-bond donors (Lipinski definition) is 4. The molecule has 1 atom stereocenters. The molecule has 1 amide bonds. The number of carbonyl (C=O) groups excluding carboxylic acids is 1. The van der Waals surface area contributed by atoms with Crippen molar-refractivity contribution in [3.8, 4) is 0 Å². The summed E-state index contributed by atoms with van der Waals surface area (Å²) in [5.41, 5.74) is 8.53. The third-order valence-corrected chi connectivity index (χ3v) is 4.04. The minimum atomic E-state index is -0.693. The number of rotatable bonds is 4. The molecule has 0 aliphatic heterocycles. The average Bonchev–Trinajstić information content (AvgIpc) is 3.13. The Morgan fingerprint density at radius 1 is 1.43 bits per heavy atom. The fraction of sp³-hybridized carbons (Fsp3) is 0.133. The number of aliphatic hydroxyl groups excluding tert-OH is 1. The van der Waals surface area contributed by atoms with E-state index >= 15 is 0 Å². The van der Waals surface area contributed by atoms with E-state index in [0.717, 1.165) is 16.5 Å². The Kier molecular flexibility index (Phi) is 3.64. The number of hydrogen-bond acceptors (Lipinski definition) is 4. The van der Waals surface area contributed by atoms with Crippen molar-refractivity contribution in [2.75, 3.05) is 12.3 Å². The molecule has 2 heterocycles. The van der Waals surface area contributed by atoms with Gasteiger partial charge in [-0.25, -0.2) is 0 Å². The summed E-state index contributed by atoms with van der Waals surface area (Å²) >= 11 is 1.51. The number of nitrogen functional groups attached to an aromatic ring is 1. The van der Waals surface area contributed by atoms with E-state index in [4.69, 9.17) is 5.73 Å². The zero-order valence-electron chi connectivity index (χ0n) is 11.2. The lowest BCUT2D eigenvalue weighted by atomic mass is 10.1. The van der Waals surface area contributed by atoms with Crippen LogP contribution in [0.1, 0.15) is 22.0 Å². The van der Waals surface area contributed by atoms with Crippen molar-refractivity contribution in [3.63, 3.8) is 0 Å². The Morgan fingerprint density at radius 2 is 2.29 bits per heavy atom. The van der Waals surface area contributed by atoms with E-state index in [1.807, 2.05) is 22.9 Å². The first-order valence-electron chi connectivity index (χ1n) is 6.50. The lowest BCUT2D eigenvalue weighted by Crippen LogP contribution is -2.28. The van der Waals surface area contributed by atoms with Crippen LogP contribution in [-0.4, -0.2) is 22.5 Å². The van der Waals surface area contributed by atoms with Gasteiger partial charge in [0.05, 0.1) is 11.7 Å². The number of aromatic amines is 1. The number of fused-ring (bicyclic) bond motifs is 1. The number of aliphatic hydroxyl groups is 1. The molecule has 0 aliphatic rings. The molecule has 5 nitrogen and oxygen atoms in total. The van der Waals surface area contributed by atoms with Crippen LogP contribution in [0.15, 0.2) is 41.2 Å². The van der Waals surface area contributed by atoms with Crippen LogP contribution >= 0.6 is 11.3 Å². The first-order chi connectivity index (χ1) is 10.1. The van der Waals surface area contributed by atoms with Gasteiger partial charge in [0.2, 0.25) is 0 Å². The molecule has 0 saturated carbocycles. The van der Waals surface area contributed by atoms with Crippen molar-refractivity contribution in [2.24, 2.45) is 0 Å². The van der Waals surface area contributed by atoms with Gasteiger partial charge in [0.25, 0.3) is 5.91 Å². The zero-order chi connectivity index (χ0) is 14.8. The normalized spacial score (nSPS) is 12.4. The van der Waals surface area contributed by atoms with Crippen molar-refractivity contribution >= 4 is 33.8 Å². The predicted octanol–water partition coefficient (Wildman–Crippen LogP) is 2.27. The average molecular weight is 301 g/mol. The minimum absolute atomic E-state index is 0.178. The molecule has 0 fully saturated rings. The van der Waals surface area contributed by atoms with Crippen LogP contribution in [-0.2, 0) is 0 Å². The van der Waals surface area contributed by atoms with Gasteiger partial charge in [0.1, 0.15) is 0 Å². The maximum absolute atomic E-state index is 12.2. The molecule has 1 aromatic carbocycles. The second-order valence-corrected chi connectivity index (χ2v) is 5.57. The van der Waals surface area contributed by atoms with Gasteiger partial charge in [0, 0.05) is 29.3 Å². The molecule has 6 heteroatoms. The topological polar surface area (TPSA) is 91.1 Å². The van der Waals surface area contributed by atoms with E-state index in [-0.39, 0.29) is 12.5 Å². The van der Waals surface area contributed by atoms with Crippen LogP contribution in [0, 0.1) is 0 Å². The van der Waals surface area contributed by atoms with Crippen LogP contribution < -0.4 is 11.1 Å². The van der Waals surface area contributed by atoms with Gasteiger partial charge < -0.3 is 21.1 Å². The van der Waals surface area contributed by atoms with Gasteiger partial charge in [-0.15, -0.1) is 0 Å². The Bertz CT molecular complexity index is 764. The number of benzene rings is 1. The van der Waals surface area contributed by atoms with E-state index < -0.39 is 6.10 Å². The van der Waals surface area contributed by atoms with Crippen LogP contribution in [0.2, 0.25) is 0 Å². The fourth-order valence-electron chi connectivity index (χ4n) is 2.20. The highest BCUT2D eigenvalue weighted by molar-refractivity contribution is 7.07. The lowest BCUT2D eigenvalue weighted by Gasteiger charge is -2.10. The van der Waals surface area contributed by atoms with Crippen molar-refractivity contribution < 1.29 is 9.90 Å². The van der Waals surface area contributed by atoms with Gasteiger partial charge in [-0.1, -0.05) is 0 Å². The van der Waals surface area contributed by atoms with Crippen molar-refractivity contribution in [1.29, 1.82) is 0 Å². The number of carbonyl (C=O) groups is 1. The third kappa shape index (κ3) is 2.76. The first kappa shape index (κ1) is 13.7. The van der Waals surface area contributed by atoms with Gasteiger partial charge in [-0.05, 0) is 40.6 Å². The summed E-state index contributed by atoms with van der Waals surface area (Å²) in [7, 11) is 0. The van der Waals surface area contributed by atoms with Crippen LogP contribution in [0.3, 0.4) is 0 Å². The molecular weight excluding hydrogens is 286 g/mol. The van der Waals surface area contributed by atoms with Gasteiger partial charge in [-0.2, -0.15) is 11.3 Å². The van der Waals surface area contributed by atoms with Crippen LogP contribution in [0.4, 0.5) is 5.69 Å². The largest absolute Gasteiger partial charge is 0.399 e. The molecular formula is C15H15N3O2S. The number of nitrogens with two attached hydrogens (primary N) is 1. The second-order valence-electron chi connectivity index (χ2n) is 4.79. The van der Waals surface area contributed by atoms with Crippen molar-refractivity contribution in [2.45, 2.75) is 6.10 Å². The maximum atomic E-state index is 12.2. The molecule has 5 N–H and O–H groups in total. The van der Waals surface area contributed by atoms with Gasteiger partial charge >= 0.3 is 0 Å². The number of aromatic nitrogens is 1. The third-order valence-electron chi connectivity index (χ3n) is 3.33. The molecule has 0 bridgehead atoms. The van der Waals surface area contributed by atoms with Crippen LogP contribution in [0.5, 0.6) is 0 Å². The molecule has 108 valence electrons. The molecule has 0 radical (unpaired) electrons. The molecule has 0 saturated heterocycles. The summed E-state index contributed by atoms with van der Waals surface area (Å²) in [6.45, 7) is 0.178. The predicted molar refractivity (Wildman–Crippen MR) is 84.3 cm³/mol. The van der Waals surface area contributed by atoms with Gasteiger partial charge in [-0.3, -0.25) is 4.79 Å². The summed E-state index contributed by atoms with van der Waals surface area (Å²) in [6, 6.07) is 7.20. The molecule has 3 rings (SSSR count). The number of thiophene rings is 1. The van der Waals surface area contributed by atoms with E-state index in [2.05, 4.69) is 10.3 Å². The number of nitrogens with one attached hydrogen (secondary N) is 2. The molecule has 0 aliphatic carbocycles. The standard InChI is InChI=1S/C15H15N3O2S/c16-10-1-2-11-12(6-17-13(11)5-10)15(20)18-7-14(19)9-3-4-21-8-9/h1-6,8,14,17,19H,7,16H2,(H,18,20). The van der Waals surface area contributed by atoms with Crippen LogP contribution in [0.25, 0.3) is 10.9 Å². The SMILES string of the molecule is Nc1ccc2c(C(=O)NCC(O)c3ccsc3)c[nH]c2c1. The van der Waals surface area contributed by atoms with Crippen molar-refractivity contribution in [3.05, 3.63) is 52.3 Å². The van der Waals surface area contributed by atoms with E-state index in [1.54, 1.807) is 18.3 Å². The monoisotopic (exact) mass is 301 g/mol. The first-order valence-corrected chi connectivity index (χ1v) is 7.44. The smallest absolute Gasteiger partial charge is 0.253 e. The van der Waals surface area contributed by atoms with E-state index in [9.17, 15) is 9.90 Å². The Labute approximate surface area is 125 Å². The fourth-order valence-corrected chi connectivity index (χ4v) is 2.91.